The molecule has 0 atom stereocenters. The number of para-hydroxylation sites is 1. The lowest BCUT2D eigenvalue weighted by Crippen LogP contribution is -2.30. The summed E-state index contributed by atoms with van der Waals surface area (Å²) >= 11 is 0. The van der Waals surface area contributed by atoms with E-state index in [1.165, 1.54) is 32.1 Å². The van der Waals surface area contributed by atoms with Crippen LogP contribution < -0.4 is 5.32 Å². The Balaban J connectivity index is 1.84. The summed E-state index contributed by atoms with van der Waals surface area (Å²) in [7, 11) is 0. The second kappa shape index (κ2) is 5.67. The van der Waals surface area contributed by atoms with E-state index in [4.69, 9.17) is 4.42 Å². The maximum atomic E-state index is 11.3. The van der Waals surface area contributed by atoms with Crippen LogP contribution in [0.4, 0.5) is 0 Å². The molecule has 1 heterocycles. The molecule has 1 aliphatic carbocycles. The van der Waals surface area contributed by atoms with E-state index in [1.54, 1.807) is 0 Å². The molecule has 4 heteroatoms. The van der Waals surface area contributed by atoms with Gasteiger partial charge in [-0.25, -0.2) is 4.79 Å². The van der Waals surface area contributed by atoms with Crippen molar-refractivity contribution in [3.05, 3.63) is 35.6 Å². The number of nitrogens with one attached hydrogen (secondary N) is 1. The quantitative estimate of drug-likeness (QED) is 0.894. The smallest absolute Gasteiger partial charge is 0.372 e. The first kappa shape index (κ1) is 13.2. The molecule has 0 spiro atoms. The topological polar surface area (TPSA) is 62.5 Å². The first-order valence-corrected chi connectivity index (χ1v) is 7.23. The molecule has 20 heavy (non-hydrogen) atoms. The summed E-state index contributed by atoms with van der Waals surface area (Å²) in [4.78, 5) is 11.3. The molecule has 1 aromatic carbocycles. The van der Waals surface area contributed by atoms with Crippen LogP contribution in [0.1, 0.15) is 48.2 Å². The van der Waals surface area contributed by atoms with Crippen LogP contribution in [-0.2, 0) is 6.54 Å². The minimum Gasteiger partial charge on any atom is -0.475 e. The van der Waals surface area contributed by atoms with Crippen molar-refractivity contribution in [3.8, 4) is 0 Å². The van der Waals surface area contributed by atoms with Crippen LogP contribution in [-0.4, -0.2) is 17.1 Å². The van der Waals surface area contributed by atoms with Gasteiger partial charge in [-0.1, -0.05) is 37.5 Å². The number of furan rings is 1. The summed E-state index contributed by atoms with van der Waals surface area (Å²) in [6, 6.07) is 8.00. The van der Waals surface area contributed by atoms with Gasteiger partial charge in [0.15, 0.2) is 0 Å². The van der Waals surface area contributed by atoms with Gasteiger partial charge in [0.2, 0.25) is 5.76 Å². The average Bonchev–Trinajstić information content (AvgIpc) is 2.85. The van der Waals surface area contributed by atoms with Crippen LogP contribution in [0.2, 0.25) is 0 Å². The van der Waals surface area contributed by atoms with Gasteiger partial charge in [-0.2, -0.15) is 0 Å². The van der Waals surface area contributed by atoms with Gasteiger partial charge in [0.05, 0.1) is 0 Å². The Labute approximate surface area is 117 Å². The van der Waals surface area contributed by atoms with Crippen LogP contribution in [0.25, 0.3) is 11.0 Å². The molecule has 0 radical (unpaired) electrons. The van der Waals surface area contributed by atoms with E-state index in [9.17, 15) is 9.90 Å². The lowest BCUT2D eigenvalue weighted by molar-refractivity contribution is 0.0663. The van der Waals surface area contributed by atoms with Gasteiger partial charge >= 0.3 is 5.97 Å². The van der Waals surface area contributed by atoms with Crippen molar-refractivity contribution in [1.82, 2.24) is 5.32 Å². The number of carbonyl (C=O) groups is 1. The van der Waals surface area contributed by atoms with Gasteiger partial charge in [0, 0.05) is 23.5 Å². The zero-order valence-corrected chi connectivity index (χ0v) is 11.4. The monoisotopic (exact) mass is 273 g/mol. The Kier molecular flexibility index (Phi) is 3.74. The van der Waals surface area contributed by atoms with Crippen molar-refractivity contribution < 1.29 is 14.3 Å². The van der Waals surface area contributed by atoms with Gasteiger partial charge < -0.3 is 14.8 Å². The van der Waals surface area contributed by atoms with E-state index in [1.807, 2.05) is 24.3 Å². The highest BCUT2D eigenvalue weighted by Gasteiger charge is 2.21. The number of aromatic carboxylic acids is 1. The number of benzene rings is 1. The third kappa shape index (κ3) is 2.56. The third-order valence-electron chi connectivity index (χ3n) is 4.07. The molecule has 1 fully saturated rings. The van der Waals surface area contributed by atoms with Crippen molar-refractivity contribution >= 4 is 16.9 Å². The lowest BCUT2D eigenvalue weighted by atomic mass is 9.95. The van der Waals surface area contributed by atoms with Crippen LogP contribution in [0.5, 0.6) is 0 Å². The van der Waals surface area contributed by atoms with E-state index >= 15 is 0 Å². The van der Waals surface area contributed by atoms with Gasteiger partial charge in [-0.05, 0) is 18.9 Å². The van der Waals surface area contributed by atoms with Gasteiger partial charge in [-0.3, -0.25) is 0 Å². The minimum atomic E-state index is -0.998. The Hall–Kier alpha value is -1.81. The highest BCUT2D eigenvalue weighted by Crippen LogP contribution is 2.26. The molecular weight excluding hydrogens is 254 g/mol. The molecule has 106 valence electrons. The second-order valence-electron chi connectivity index (χ2n) is 5.43. The molecule has 1 aliphatic rings. The molecule has 0 saturated heterocycles. The van der Waals surface area contributed by atoms with Gasteiger partial charge in [0.1, 0.15) is 5.58 Å². The highest BCUT2D eigenvalue weighted by atomic mass is 16.4. The zero-order chi connectivity index (χ0) is 13.9. The largest absolute Gasteiger partial charge is 0.475 e. The van der Waals surface area contributed by atoms with Crippen LogP contribution in [0.15, 0.2) is 28.7 Å². The molecule has 0 unspecified atom stereocenters. The predicted molar refractivity (Wildman–Crippen MR) is 76.9 cm³/mol. The summed E-state index contributed by atoms with van der Waals surface area (Å²) < 4.78 is 5.46. The minimum absolute atomic E-state index is 0.0644. The Morgan fingerprint density at radius 3 is 2.75 bits per heavy atom. The van der Waals surface area contributed by atoms with Crippen LogP contribution in [0.3, 0.4) is 0 Å². The molecule has 2 N–H and O–H groups in total. The maximum absolute atomic E-state index is 11.3. The summed E-state index contributed by atoms with van der Waals surface area (Å²) in [6.07, 6.45) is 6.19. The van der Waals surface area contributed by atoms with Crippen molar-refractivity contribution in [1.29, 1.82) is 0 Å². The van der Waals surface area contributed by atoms with E-state index in [0.717, 1.165) is 10.9 Å². The summed E-state index contributed by atoms with van der Waals surface area (Å²) in [5.74, 6) is -0.934. The average molecular weight is 273 g/mol. The number of hydrogen-bond donors (Lipinski definition) is 2. The SMILES string of the molecule is O=C(O)c1oc2ccccc2c1CNC1CCCCC1. The molecule has 1 aromatic heterocycles. The summed E-state index contributed by atoms with van der Waals surface area (Å²) in [5.41, 5.74) is 1.41. The molecule has 0 amide bonds. The van der Waals surface area contributed by atoms with Crippen molar-refractivity contribution in [2.75, 3.05) is 0 Å². The number of hydrogen-bond acceptors (Lipinski definition) is 3. The number of carboxylic acid groups (broad SMARTS) is 1. The first-order valence-electron chi connectivity index (χ1n) is 7.23. The maximum Gasteiger partial charge on any atom is 0.372 e. The number of carboxylic acids is 1. The fourth-order valence-electron chi connectivity index (χ4n) is 3.00. The van der Waals surface area contributed by atoms with Crippen molar-refractivity contribution in [2.24, 2.45) is 0 Å². The van der Waals surface area contributed by atoms with E-state index < -0.39 is 5.97 Å². The zero-order valence-electron chi connectivity index (χ0n) is 11.4. The fourth-order valence-corrected chi connectivity index (χ4v) is 3.00. The summed E-state index contributed by atoms with van der Waals surface area (Å²) in [6.45, 7) is 0.559. The standard InChI is InChI=1S/C16H19NO3/c18-16(19)15-13(10-17-11-6-2-1-3-7-11)12-8-4-5-9-14(12)20-15/h4-5,8-9,11,17H,1-3,6-7,10H2,(H,18,19). The van der Waals surface area contributed by atoms with Crippen molar-refractivity contribution in [3.63, 3.8) is 0 Å². The molecular formula is C16H19NO3. The lowest BCUT2D eigenvalue weighted by Gasteiger charge is -2.22. The molecule has 0 aliphatic heterocycles. The Morgan fingerprint density at radius 1 is 1.25 bits per heavy atom. The van der Waals surface area contributed by atoms with E-state index in [-0.39, 0.29) is 5.76 Å². The normalized spacial score (nSPS) is 16.6. The molecule has 4 nitrogen and oxygen atoms in total. The van der Waals surface area contributed by atoms with Crippen LogP contribution in [0, 0.1) is 0 Å². The van der Waals surface area contributed by atoms with Gasteiger partial charge in [0.25, 0.3) is 0 Å². The van der Waals surface area contributed by atoms with E-state index in [0.29, 0.717) is 18.2 Å². The summed E-state index contributed by atoms with van der Waals surface area (Å²) in [5, 5.41) is 13.7. The molecule has 1 saturated carbocycles. The Morgan fingerprint density at radius 2 is 2.00 bits per heavy atom. The third-order valence-corrected chi connectivity index (χ3v) is 4.07. The molecule has 2 aromatic rings. The fraction of sp³-hybridized carbons (Fsp3) is 0.438. The molecule has 0 bridgehead atoms. The molecule has 3 rings (SSSR count). The van der Waals surface area contributed by atoms with Gasteiger partial charge in [-0.15, -0.1) is 0 Å². The van der Waals surface area contributed by atoms with Crippen LogP contribution >= 0.6 is 0 Å². The first-order chi connectivity index (χ1) is 9.75. The predicted octanol–water partition coefficient (Wildman–Crippen LogP) is 3.55. The Bertz CT molecular complexity index is 611. The highest BCUT2D eigenvalue weighted by molar-refractivity contribution is 5.95. The number of fused-ring (bicyclic) bond motifs is 1. The second-order valence-corrected chi connectivity index (χ2v) is 5.43. The van der Waals surface area contributed by atoms with Crippen molar-refractivity contribution in [2.45, 2.75) is 44.7 Å². The number of rotatable bonds is 4. The van der Waals surface area contributed by atoms with E-state index in [2.05, 4.69) is 5.32 Å².